The maximum Gasteiger partial charge on any atom is 0.264 e. The zero-order valence-corrected chi connectivity index (χ0v) is 22.7. The SMILES string of the molecule is COc1ccc2[nH]c3c(c2c1)CCN(C(=O)[C@@H](C)Oc1ccccc1)[C@@H]3c1ccc(OCc2ccccc2)cc1. The Labute approximate surface area is 234 Å². The van der Waals surface area contributed by atoms with E-state index >= 15 is 0 Å². The summed E-state index contributed by atoms with van der Waals surface area (Å²) in [6.07, 6.45) is 0.102. The highest BCUT2D eigenvalue weighted by atomic mass is 16.5. The van der Waals surface area contributed by atoms with Gasteiger partial charge in [-0.2, -0.15) is 0 Å². The summed E-state index contributed by atoms with van der Waals surface area (Å²) in [6.45, 7) is 2.89. The minimum Gasteiger partial charge on any atom is -0.497 e. The van der Waals surface area contributed by atoms with Gasteiger partial charge in [0.05, 0.1) is 13.2 Å². The highest BCUT2D eigenvalue weighted by Gasteiger charge is 2.37. The van der Waals surface area contributed by atoms with E-state index in [2.05, 4.69) is 23.2 Å². The Kier molecular flexibility index (Phi) is 7.15. The topological polar surface area (TPSA) is 63.8 Å². The van der Waals surface area contributed by atoms with Gasteiger partial charge in [0.15, 0.2) is 6.10 Å². The number of hydrogen-bond donors (Lipinski definition) is 1. The molecule has 0 bridgehead atoms. The Morgan fingerprint density at radius 2 is 1.60 bits per heavy atom. The average Bonchev–Trinajstić information content (AvgIpc) is 3.38. The van der Waals surface area contributed by atoms with Crippen LogP contribution in [0.25, 0.3) is 10.9 Å². The summed E-state index contributed by atoms with van der Waals surface area (Å²) in [6, 6.07) is 33.4. The number of fused-ring (bicyclic) bond motifs is 3. The first-order chi connectivity index (χ1) is 19.6. The number of aromatic amines is 1. The van der Waals surface area contributed by atoms with Crippen LogP contribution in [0.1, 0.15) is 35.3 Å². The number of rotatable bonds is 8. The van der Waals surface area contributed by atoms with Crippen LogP contribution >= 0.6 is 0 Å². The normalized spacial score (nSPS) is 15.3. The molecule has 1 amide bonds. The molecule has 0 spiro atoms. The van der Waals surface area contributed by atoms with Crippen LogP contribution in [0.3, 0.4) is 0 Å². The summed E-state index contributed by atoms with van der Waals surface area (Å²) in [7, 11) is 1.68. The number of ether oxygens (including phenoxy) is 3. The summed E-state index contributed by atoms with van der Waals surface area (Å²) in [5.74, 6) is 2.22. The lowest BCUT2D eigenvalue weighted by atomic mass is 9.92. The first kappa shape index (κ1) is 25.6. The zero-order valence-electron chi connectivity index (χ0n) is 22.7. The summed E-state index contributed by atoms with van der Waals surface area (Å²) >= 11 is 0. The Morgan fingerprint density at radius 3 is 2.33 bits per heavy atom. The second kappa shape index (κ2) is 11.2. The Hall–Kier alpha value is -4.71. The molecular formula is C34H32N2O4. The number of carbonyl (C=O) groups excluding carboxylic acids is 1. The van der Waals surface area contributed by atoms with Crippen molar-refractivity contribution in [3.8, 4) is 17.2 Å². The van der Waals surface area contributed by atoms with Crippen molar-refractivity contribution in [2.24, 2.45) is 0 Å². The lowest BCUT2D eigenvalue weighted by Crippen LogP contribution is -2.46. The van der Waals surface area contributed by atoms with Crippen molar-refractivity contribution in [1.29, 1.82) is 0 Å². The van der Waals surface area contributed by atoms with Crippen molar-refractivity contribution in [1.82, 2.24) is 9.88 Å². The maximum absolute atomic E-state index is 13.9. The first-order valence-electron chi connectivity index (χ1n) is 13.6. The zero-order chi connectivity index (χ0) is 27.5. The lowest BCUT2D eigenvalue weighted by Gasteiger charge is -2.37. The molecule has 4 aromatic carbocycles. The number of para-hydroxylation sites is 1. The van der Waals surface area contributed by atoms with Crippen LogP contribution < -0.4 is 14.2 Å². The smallest absolute Gasteiger partial charge is 0.264 e. The summed E-state index contributed by atoms with van der Waals surface area (Å²) in [5.41, 5.74) is 5.38. The van der Waals surface area contributed by atoms with Gasteiger partial charge >= 0.3 is 0 Å². The highest BCUT2D eigenvalue weighted by molar-refractivity contribution is 5.88. The van der Waals surface area contributed by atoms with Crippen LogP contribution in [0.2, 0.25) is 0 Å². The van der Waals surface area contributed by atoms with E-state index in [4.69, 9.17) is 14.2 Å². The summed E-state index contributed by atoms with van der Waals surface area (Å²) < 4.78 is 17.6. The van der Waals surface area contributed by atoms with Crippen molar-refractivity contribution in [2.75, 3.05) is 13.7 Å². The Bertz CT molecular complexity index is 1600. The molecule has 0 aliphatic carbocycles. The van der Waals surface area contributed by atoms with E-state index in [0.29, 0.717) is 18.9 Å². The molecule has 6 nitrogen and oxygen atoms in total. The van der Waals surface area contributed by atoms with Gasteiger partial charge in [-0.3, -0.25) is 4.79 Å². The van der Waals surface area contributed by atoms with Gasteiger partial charge in [-0.25, -0.2) is 0 Å². The number of hydrogen-bond acceptors (Lipinski definition) is 4. The number of methoxy groups -OCH3 is 1. The lowest BCUT2D eigenvalue weighted by molar-refractivity contribution is -0.140. The second-order valence-corrected chi connectivity index (χ2v) is 10.0. The average molecular weight is 533 g/mol. The quantitative estimate of drug-likeness (QED) is 0.242. The molecule has 2 heterocycles. The fourth-order valence-corrected chi connectivity index (χ4v) is 5.45. The number of amides is 1. The largest absolute Gasteiger partial charge is 0.497 e. The molecule has 0 radical (unpaired) electrons. The van der Waals surface area contributed by atoms with E-state index in [1.807, 2.05) is 96.8 Å². The van der Waals surface area contributed by atoms with Crippen molar-refractivity contribution >= 4 is 16.8 Å². The molecule has 1 aliphatic rings. The van der Waals surface area contributed by atoms with Crippen LogP contribution in [-0.2, 0) is 17.8 Å². The molecule has 6 rings (SSSR count). The van der Waals surface area contributed by atoms with Crippen molar-refractivity contribution in [2.45, 2.75) is 32.1 Å². The van der Waals surface area contributed by atoms with Gasteiger partial charge in [0.2, 0.25) is 0 Å². The van der Waals surface area contributed by atoms with Gasteiger partial charge in [-0.1, -0.05) is 60.7 Å². The molecule has 1 aromatic heterocycles. The van der Waals surface area contributed by atoms with Gasteiger partial charge in [0.25, 0.3) is 5.91 Å². The minimum atomic E-state index is -0.635. The molecule has 0 unspecified atom stereocenters. The van der Waals surface area contributed by atoms with Crippen LogP contribution in [0.5, 0.6) is 17.2 Å². The van der Waals surface area contributed by atoms with Crippen LogP contribution in [-0.4, -0.2) is 35.5 Å². The molecule has 0 saturated carbocycles. The fourth-order valence-electron chi connectivity index (χ4n) is 5.45. The standard InChI is InChI=1S/C34H32N2O4/c1-23(40-27-11-7-4-8-12-27)34(37)36-20-19-29-30-21-28(38-2)17-18-31(30)35-32(29)33(36)25-13-15-26(16-14-25)39-22-24-9-5-3-6-10-24/h3-18,21,23,33,35H,19-20,22H2,1-2H3/t23-,33-/m1/s1. The number of carbonyl (C=O) groups is 1. The molecule has 40 heavy (non-hydrogen) atoms. The molecule has 5 aromatic rings. The first-order valence-corrected chi connectivity index (χ1v) is 13.6. The van der Waals surface area contributed by atoms with E-state index in [0.717, 1.165) is 45.6 Å². The van der Waals surface area contributed by atoms with Crippen LogP contribution in [0.15, 0.2) is 103 Å². The maximum atomic E-state index is 13.9. The van der Waals surface area contributed by atoms with Gasteiger partial charge in [-0.05, 0) is 72.5 Å². The third kappa shape index (κ3) is 5.13. The number of aromatic nitrogens is 1. The number of nitrogens with one attached hydrogen (secondary N) is 1. The fraction of sp³-hybridized carbons (Fsp3) is 0.206. The summed E-state index contributed by atoms with van der Waals surface area (Å²) in [4.78, 5) is 19.4. The molecule has 202 valence electrons. The van der Waals surface area contributed by atoms with Crippen molar-refractivity contribution < 1.29 is 19.0 Å². The molecule has 1 N–H and O–H groups in total. The highest BCUT2D eigenvalue weighted by Crippen LogP contribution is 2.40. The summed E-state index contributed by atoms with van der Waals surface area (Å²) in [5, 5.41) is 1.13. The predicted molar refractivity (Wildman–Crippen MR) is 156 cm³/mol. The number of H-pyrrole nitrogens is 1. The Balaban J connectivity index is 1.33. The molecule has 1 aliphatic heterocycles. The van der Waals surface area contributed by atoms with Crippen molar-refractivity contribution in [3.05, 3.63) is 126 Å². The van der Waals surface area contributed by atoms with Gasteiger partial charge in [-0.15, -0.1) is 0 Å². The molecule has 6 heteroatoms. The van der Waals surface area contributed by atoms with Crippen LogP contribution in [0.4, 0.5) is 0 Å². The molecule has 0 fully saturated rings. The third-order valence-corrected chi connectivity index (χ3v) is 7.47. The van der Waals surface area contributed by atoms with Gasteiger partial charge in [0.1, 0.15) is 23.9 Å². The van der Waals surface area contributed by atoms with E-state index < -0.39 is 6.10 Å². The second-order valence-electron chi connectivity index (χ2n) is 10.0. The predicted octanol–water partition coefficient (Wildman–Crippen LogP) is 6.70. The molecule has 2 atom stereocenters. The molecule has 0 saturated heterocycles. The van der Waals surface area contributed by atoms with Gasteiger partial charge < -0.3 is 24.1 Å². The monoisotopic (exact) mass is 532 g/mol. The Morgan fingerprint density at radius 1 is 0.900 bits per heavy atom. The van der Waals surface area contributed by atoms with Gasteiger partial charge in [0, 0.05) is 23.1 Å². The number of benzene rings is 4. The van der Waals surface area contributed by atoms with E-state index in [9.17, 15) is 4.79 Å². The van der Waals surface area contributed by atoms with E-state index in [1.54, 1.807) is 7.11 Å². The van der Waals surface area contributed by atoms with E-state index in [1.165, 1.54) is 5.56 Å². The third-order valence-electron chi connectivity index (χ3n) is 7.47. The van der Waals surface area contributed by atoms with E-state index in [-0.39, 0.29) is 11.9 Å². The number of nitrogens with zero attached hydrogens (tertiary/aromatic N) is 1. The van der Waals surface area contributed by atoms with Crippen molar-refractivity contribution in [3.63, 3.8) is 0 Å². The molecular weight excluding hydrogens is 500 g/mol. The van der Waals surface area contributed by atoms with Crippen LogP contribution in [0, 0.1) is 0 Å². The minimum absolute atomic E-state index is 0.0554.